The summed E-state index contributed by atoms with van der Waals surface area (Å²) in [7, 11) is 0. The van der Waals surface area contributed by atoms with Crippen LogP contribution in [0.2, 0.25) is 0 Å². The maximum Gasteiger partial charge on any atom is 0.129 e. The van der Waals surface area contributed by atoms with Gasteiger partial charge in [0.2, 0.25) is 0 Å². The zero-order valence-corrected chi connectivity index (χ0v) is 15.3. The Kier molecular flexibility index (Phi) is 4.10. The van der Waals surface area contributed by atoms with E-state index in [0.29, 0.717) is 6.54 Å². The van der Waals surface area contributed by atoms with Crippen LogP contribution in [0.25, 0.3) is 0 Å². The van der Waals surface area contributed by atoms with Crippen LogP contribution in [0, 0.1) is 3.57 Å². The van der Waals surface area contributed by atoms with Gasteiger partial charge in [0.1, 0.15) is 11.4 Å². The Morgan fingerprint density at radius 2 is 1.42 bits per heavy atom. The van der Waals surface area contributed by atoms with E-state index in [2.05, 4.69) is 113 Å². The summed E-state index contributed by atoms with van der Waals surface area (Å²) in [6, 6.07) is 29.6. The summed E-state index contributed by atoms with van der Waals surface area (Å²) < 4.78 is 1.21. The van der Waals surface area contributed by atoms with E-state index in [1.54, 1.807) is 0 Å². The second-order valence-corrected chi connectivity index (χ2v) is 7.18. The standard InChI is InChI=1S/C21H17IN2/c22-19-13-7-8-16(14-19)20-23-15-21(24-20,17-9-3-1-4-10-17)18-11-5-2-6-12-18/h1-14H,15H2,(H,23,24). The minimum absolute atomic E-state index is 0.306. The summed E-state index contributed by atoms with van der Waals surface area (Å²) in [6.45, 7) is 0.696. The number of amidine groups is 1. The molecule has 0 saturated carbocycles. The van der Waals surface area contributed by atoms with Crippen molar-refractivity contribution in [2.24, 2.45) is 4.99 Å². The van der Waals surface area contributed by atoms with E-state index < -0.39 is 0 Å². The van der Waals surface area contributed by atoms with Gasteiger partial charge in [0, 0.05) is 9.13 Å². The molecule has 1 aliphatic heterocycles. The number of hydrogen-bond donors (Lipinski definition) is 1. The summed E-state index contributed by atoms with van der Waals surface area (Å²) in [5.74, 6) is 0.959. The fourth-order valence-electron chi connectivity index (χ4n) is 3.22. The first-order chi connectivity index (χ1) is 11.8. The van der Waals surface area contributed by atoms with Crippen molar-refractivity contribution in [3.63, 3.8) is 0 Å². The van der Waals surface area contributed by atoms with Crippen LogP contribution in [-0.4, -0.2) is 12.4 Å². The third kappa shape index (κ3) is 2.73. The van der Waals surface area contributed by atoms with Crippen LogP contribution < -0.4 is 5.32 Å². The minimum Gasteiger partial charge on any atom is -0.355 e. The average molecular weight is 424 g/mol. The molecule has 3 heteroatoms. The zero-order valence-electron chi connectivity index (χ0n) is 13.1. The van der Waals surface area contributed by atoms with Crippen molar-refractivity contribution >= 4 is 28.4 Å². The van der Waals surface area contributed by atoms with Crippen molar-refractivity contribution in [3.05, 3.63) is 105 Å². The molecule has 0 amide bonds. The first kappa shape index (κ1) is 15.4. The molecule has 2 nitrogen and oxygen atoms in total. The van der Waals surface area contributed by atoms with E-state index in [1.807, 2.05) is 0 Å². The van der Waals surface area contributed by atoms with Gasteiger partial charge < -0.3 is 5.32 Å². The van der Waals surface area contributed by atoms with Crippen molar-refractivity contribution in [2.75, 3.05) is 6.54 Å². The predicted octanol–water partition coefficient (Wildman–Crippen LogP) is 4.58. The lowest BCUT2D eigenvalue weighted by molar-refractivity contribution is 0.524. The highest BCUT2D eigenvalue weighted by Crippen LogP contribution is 2.33. The van der Waals surface area contributed by atoms with E-state index in [0.717, 1.165) is 11.4 Å². The summed E-state index contributed by atoms with van der Waals surface area (Å²) in [5, 5.41) is 3.73. The topological polar surface area (TPSA) is 24.4 Å². The highest BCUT2D eigenvalue weighted by Gasteiger charge is 2.39. The second kappa shape index (κ2) is 6.40. The molecular formula is C21H17IN2. The lowest BCUT2D eigenvalue weighted by atomic mass is 9.83. The monoisotopic (exact) mass is 424 g/mol. The number of nitrogens with one attached hydrogen (secondary N) is 1. The van der Waals surface area contributed by atoms with E-state index >= 15 is 0 Å². The number of halogens is 1. The van der Waals surface area contributed by atoms with Gasteiger partial charge in [-0.15, -0.1) is 0 Å². The molecule has 0 spiro atoms. The molecule has 3 aromatic rings. The summed E-state index contributed by atoms with van der Waals surface area (Å²) in [5.41, 5.74) is 3.30. The molecule has 0 fully saturated rings. The molecule has 0 atom stereocenters. The van der Waals surface area contributed by atoms with Crippen molar-refractivity contribution in [2.45, 2.75) is 5.54 Å². The summed E-state index contributed by atoms with van der Waals surface area (Å²) in [4.78, 5) is 4.86. The molecule has 4 rings (SSSR count). The number of nitrogens with zero attached hydrogens (tertiary/aromatic N) is 1. The Morgan fingerprint density at radius 1 is 0.792 bits per heavy atom. The molecule has 0 aliphatic carbocycles. The molecule has 1 aliphatic rings. The second-order valence-electron chi connectivity index (χ2n) is 5.94. The molecule has 118 valence electrons. The van der Waals surface area contributed by atoms with Crippen LogP contribution in [0.3, 0.4) is 0 Å². The fourth-order valence-corrected chi connectivity index (χ4v) is 3.76. The SMILES string of the molecule is Ic1cccc(C2=NCC(c3ccccc3)(c3ccccc3)N2)c1. The molecule has 0 saturated heterocycles. The maximum absolute atomic E-state index is 4.86. The van der Waals surface area contributed by atoms with Gasteiger partial charge in [-0.1, -0.05) is 72.8 Å². The van der Waals surface area contributed by atoms with Crippen LogP contribution >= 0.6 is 22.6 Å². The van der Waals surface area contributed by atoms with Crippen molar-refractivity contribution in [1.29, 1.82) is 0 Å². The number of benzene rings is 3. The minimum atomic E-state index is -0.306. The molecule has 0 bridgehead atoms. The maximum atomic E-state index is 4.86. The van der Waals surface area contributed by atoms with Gasteiger partial charge >= 0.3 is 0 Å². The lowest BCUT2D eigenvalue weighted by Crippen LogP contribution is -2.44. The third-order valence-corrected chi connectivity index (χ3v) is 5.11. The van der Waals surface area contributed by atoms with Crippen LogP contribution in [0.1, 0.15) is 16.7 Å². The van der Waals surface area contributed by atoms with Crippen LogP contribution in [0.4, 0.5) is 0 Å². The largest absolute Gasteiger partial charge is 0.355 e. The van der Waals surface area contributed by atoms with Crippen molar-refractivity contribution in [1.82, 2.24) is 5.32 Å². The van der Waals surface area contributed by atoms with E-state index in [9.17, 15) is 0 Å². The number of hydrogen-bond acceptors (Lipinski definition) is 2. The fraction of sp³-hybridized carbons (Fsp3) is 0.0952. The summed E-state index contributed by atoms with van der Waals surface area (Å²) >= 11 is 2.34. The van der Waals surface area contributed by atoms with Crippen LogP contribution in [-0.2, 0) is 5.54 Å². The van der Waals surface area contributed by atoms with Gasteiger partial charge in [-0.3, -0.25) is 4.99 Å². The molecule has 1 N–H and O–H groups in total. The third-order valence-electron chi connectivity index (χ3n) is 4.44. The smallest absolute Gasteiger partial charge is 0.129 e. The van der Waals surface area contributed by atoms with Crippen LogP contribution in [0.15, 0.2) is 89.9 Å². The van der Waals surface area contributed by atoms with Gasteiger partial charge in [-0.05, 0) is 45.9 Å². The number of aliphatic imine (C=N–C) groups is 1. The van der Waals surface area contributed by atoms with Crippen molar-refractivity contribution in [3.8, 4) is 0 Å². The van der Waals surface area contributed by atoms with Gasteiger partial charge in [0.05, 0.1) is 6.54 Å². The highest BCUT2D eigenvalue weighted by molar-refractivity contribution is 14.1. The van der Waals surface area contributed by atoms with Gasteiger partial charge in [0.15, 0.2) is 0 Å². The Labute approximate surface area is 155 Å². The number of rotatable bonds is 3. The van der Waals surface area contributed by atoms with Crippen LogP contribution in [0.5, 0.6) is 0 Å². The molecule has 0 unspecified atom stereocenters. The average Bonchev–Trinajstić information content (AvgIpc) is 3.10. The predicted molar refractivity (Wildman–Crippen MR) is 107 cm³/mol. The summed E-state index contributed by atoms with van der Waals surface area (Å²) in [6.07, 6.45) is 0. The van der Waals surface area contributed by atoms with Gasteiger partial charge in [-0.2, -0.15) is 0 Å². The Morgan fingerprint density at radius 3 is 2.00 bits per heavy atom. The Bertz CT molecular complexity index is 833. The lowest BCUT2D eigenvalue weighted by Gasteiger charge is -2.31. The van der Waals surface area contributed by atoms with Crippen molar-refractivity contribution < 1.29 is 0 Å². The molecule has 1 heterocycles. The molecule has 3 aromatic carbocycles. The van der Waals surface area contributed by atoms with E-state index in [1.165, 1.54) is 14.7 Å². The highest BCUT2D eigenvalue weighted by atomic mass is 127. The Hall–Kier alpha value is -2.14. The molecule has 0 radical (unpaired) electrons. The quantitative estimate of drug-likeness (QED) is 0.612. The van der Waals surface area contributed by atoms with E-state index in [-0.39, 0.29) is 5.54 Å². The first-order valence-electron chi connectivity index (χ1n) is 7.98. The zero-order chi connectivity index (χ0) is 16.4. The normalized spacial score (nSPS) is 15.6. The first-order valence-corrected chi connectivity index (χ1v) is 9.05. The van der Waals surface area contributed by atoms with E-state index in [4.69, 9.17) is 4.99 Å². The van der Waals surface area contributed by atoms with Gasteiger partial charge in [-0.25, -0.2) is 0 Å². The Balaban J connectivity index is 1.78. The molecular weight excluding hydrogens is 407 g/mol. The molecule has 0 aromatic heterocycles. The van der Waals surface area contributed by atoms with Gasteiger partial charge in [0.25, 0.3) is 0 Å². The molecule has 24 heavy (non-hydrogen) atoms.